The van der Waals surface area contributed by atoms with Crippen LogP contribution in [0.15, 0.2) is 42.5 Å². The van der Waals surface area contributed by atoms with E-state index in [0.29, 0.717) is 0 Å². The molecule has 0 amide bonds. The van der Waals surface area contributed by atoms with Crippen LogP contribution in [0.1, 0.15) is 5.56 Å². The molecule has 0 fully saturated rings. The lowest BCUT2D eigenvalue weighted by Gasteiger charge is -2.20. The minimum absolute atomic E-state index is 0.0248. The van der Waals surface area contributed by atoms with E-state index in [0.717, 1.165) is 6.07 Å². The van der Waals surface area contributed by atoms with Crippen LogP contribution in [0, 0.1) is 5.82 Å². The normalized spacial score (nSPS) is 11.5. The van der Waals surface area contributed by atoms with E-state index in [2.05, 4.69) is 0 Å². The predicted molar refractivity (Wildman–Crippen MR) is 71.2 cm³/mol. The number of alkyl halides is 3. The zero-order chi connectivity index (χ0) is 14.9. The molecule has 0 bridgehead atoms. The van der Waals surface area contributed by atoms with E-state index in [1.807, 2.05) is 0 Å². The van der Waals surface area contributed by atoms with Gasteiger partial charge in [0.05, 0.1) is 11.3 Å². The van der Waals surface area contributed by atoms with E-state index in [4.69, 9.17) is 0 Å². The van der Waals surface area contributed by atoms with Crippen molar-refractivity contribution in [3.8, 4) is 11.1 Å². The molecule has 0 unspecified atom stereocenters. The van der Waals surface area contributed by atoms with Crippen LogP contribution in [0.4, 0.5) is 23.2 Å². The summed E-state index contributed by atoms with van der Waals surface area (Å²) in [6.07, 6.45) is -4.48. The third kappa shape index (κ3) is 2.61. The van der Waals surface area contributed by atoms with Crippen molar-refractivity contribution in [3.63, 3.8) is 0 Å². The quantitative estimate of drug-likeness (QED) is 0.729. The van der Waals surface area contributed by atoms with Crippen molar-refractivity contribution in [2.75, 3.05) is 19.0 Å². The second-order valence-corrected chi connectivity index (χ2v) is 4.57. The Balaban J connectivity index is 2.73. The maximum atomic E-state index is 13.9. The Bertz CT molecular complexity index is 618. The van der Waals surface area contributed by atoms with E-state index in [-0.39, 0.29) is 16.8 Å². The average Bonchev–Trinajstić information content (AvgIpc) is 2.37. The maximum Gasteiger partial charge on any atom is 0.417 e. The fraction of sp³-hybridized carbons (Fsp3) is 0.200. The summed E-state index contributed by atoms with van der Waals surface area (Å²) in [6, 6.07) is 9.31. The van der Waals surface area contributed by atoms with Gasteiger partial charge >= 0.3 is 6.18 Å². The van der Waals surface area contributed by atoms with Crippen LogP contribution in [0.25, 0.3) is 11.1 Å². The smallest absolute Gasteiger partial charge is 0.375 e. The van der Waals surface area contributed by atoms with Crippen LogP contribution in [0.2, 0.25) is 0 Å². The van der Waals surface area contributed by atoms with E-state index in [1.165, 1.54) is 41.3 Å². The molecule has 0 radical (unpaired) electrons. The molecule has 5 heteroatoms. The molecule has 0 aliphatic heterocycles. The van der Waals surface area contributed by atoms with E-state index in [9.17, 15) is 17.6 Å². The number of nitrogens with zero attached hydrogens (tertiary/aromatic N) is 1. The molecule has 0 saturated carbocycles. The first-order chi connectivity index (χ1) is 9.32. The van der Waals surface area contributed by atoms with E-state index in [1.54, 1.807) is 14.1 Å². The zero-order valence-corrected chi connectivity index (χ0v) is 11.0. The van der Waals surface area contributed by atoms with Gasteiger partial charge in [0, 0.05) is 19.7 Å². The van der Waals surface area contributed by atoms with Gasteiger partial charge in [0.2, 0.25) is 0 Å². The monoisotopic (exact) mass is 283 g/mol. The minimum Gasteiger partial charge on any atom is -0.375 e. The molecular weight excluding hydrogens is 270 g/mol. The number of halogens is 4. The second kappa shape index (κ2) is 5.15. The maximum absolute atomic E-state index is 13.9. The number of benzene rings is 2. The highest BCUT2D eigenvalue weighted by molar-refractivity contribution is 5.81. The lowest BCUT2D eigenvalue weighted by molar-refractivity contribution is -0.137. The molecule has 1 nitrogen and oxygen atoms in total. The summed E-state index contributed by atoms with van der Waals surface area (Å²) in [5.41, 5.74) is -0.427. The first-order valence-corrected chi connectivity index (χ1v) is 5.95. The lowest BCUT2D eigenvalue weighted by atomic mass is 9.97. The molecule has 0 spiro atoms. The molecular formula is C15H13F4N. The van der Waals surface area contributed by atoms with Gasteiger partial charge in [-0.1, -0.05) is 30.3 Å². The topological polar surface area (TPSA) is 3.24 Å². The fourth-order valence-electron chi connectivity index (χ4n) is 2.15. The van der Waals surface area contributed by atoms with Crippen LogP contribution in [0.3, 0.4) is 0 Å². The zero-order valence-electron chi connectivity index (χ0n) is 11.0. The summed E-state index contributed by atoms with van der Waals surface area (Å²) in [4.78, 5) is 1.47. The molecule has 2 aromatic rings. The minimum atomic E-state index is -4.48. The third-order valence-electron chi connectivity index (χ3n) is 2.96. The van der Waals surface area contributed by atoms with Crippen molar-refractivity contribution in [1.29, 1.82) is 0 Å². The molecule has 2 aromatic carbocycles. The number of para-hydroxylation sites is 1. The van der Waals surface area contributed by atoms with Gasteiger partial charge in [0.25, 0.3) is 0 Å². The van der Waals surface area contributed by atoms with Crippen molar-refractivity contribution in [2.24, 2.45) is 0 Å². The summed E-state index contributed by atoms with van der Waals surface area (Å²) in [5, 5.41) is 0. The SMILES string of the molecule is CN(C)c1c(F)cccc1-c1ccccc1C(F)(F)F. The number of rotatable bonds is 2. The Kier molecular flexibility index (Phi) is 3.70. The molecule has 0 heterocycles. The standard InChI is InChI=1S/C15H13F4N/c1-20(2)14-11(7-5-9-13(14)16)10-6-3-4-8-12(10)15(17,18)19/h3-9H,1-2H3. The van der Waals surface area contributed by atoms with E-state index < -0.39 is 17.6 Å². The highest BCUT2D eigenvalue weighted by Gasteiger charge is 2.34. The van der Waals surface area contributed by atoms with Gasteiger partial charge in [-0.05, 0) is 17.7 Å². The highest BCUT2D eigenvalue weighted by atomic mass is 19.4. The van der Waals surface area contributed by atoms with Crippen LogP contribution in [-0.2, 0) is 6.18 Å². The van der Waals surface area contributed by atoms with Gasteiger partial charge in [-0.2, -0.15) is 13.2 Å². The lowest BCUT2D eigenvalue weighted by Crippen LogP contribution is -2.13. The molecule has 0 saturated heterocycles. The molecule has 20 heavy (non-hydrogen) atoms. The summed E-state index contributed by atoms with van der Waals surface area (Å²) in [7, 11) is 3.19. The Morgan fingerprint density at radius 1 is 0.850 bits per heavy atom. The van der Waals surface area contributed by atoms with Gasteiger partial charge in [-0.25, -0.2) is 4.39 Å². The summed E-state index contributed by atoms with van der Waals surface area (Å²) in [5.74, 6) is -0.551. The summed E-state index contributed by atoms with van der Waals surface area (Å²) < 4.78 is 53.1. The van der Waals surface area contributed by atoms with Crippen molar-refractivity contribution < 1.29 is 17.6 Å². The third-order valence-corrected chi connectivity index (χ3v) is 2.96. The molecule has 0 aliphatic carbocycles. The number of hydrogen-bond acceptors (Lipinski definition) is 1. The predicted octanol–water partition coefficient (Wildman–Crippen LogP) is 4.58. The van der Waals surface area contributed by atoms with Gasteiger partial charge in [0.1, 0.15) is 5.82 Å². The van der Waals surface area contributed by atoms with Crippen LogP contribution < -0.4 is 4.90 Å². The van der Waals surface area contributed by atoms with Crippen LogP contribution in [-0.4, -0.2) is 14.1 Å². The largest absolute Gasteiger partial charge is 0.417 e. The molecule has 0 aromatic heterocycles. The Labute approximate surface area is 114 Å². The van der Waals surface area contributed by atoms with Gasteiger partial charge in [0.15, 0.2) is 0 Å². The van der Waals surface area contributed by atoms with Gasteiger partial charge in [-0.15, -0.1) is 0 Å². The van der Waals surface area contributed by atoms with Gasteiger partial charge < -0.3 is 4.90 Å². The summed E-state index contributed by atoms with van der Waals surface area (Å²) in [6.45, 7) is 0. The number of hydrogen-bond donors (Lipinski definition) is 0. The van der Waals surface area contributed by atoms with Crippen LogP contribution in [0.5, 0.6) is 0 Å². The van der Waals surface area contributed by atoms with Crippen LogP contribution >= 0.6 is 0 Å². The van der Waals surface area contributed by atoms with Gasteiger partial charge in [-0.3, -0.25) is 0 Å². The Morgan fingerprint density at radius 2 is 1.45 bits per heavy atom. The Hall–Kier alpha value is -2.04. The molecule has 0 atom stereocenters. The second-order valence-electron chi connectivity index (χ2n) is 4.57. The van der Waals surface area contributed by atoms with Crippen molar-refractivity contribution in [2.45, 2.75) is 6.18 Å². The first kappa shape index (κ1) is 14.4. The fourth-order valence-corrected chi connectivity index (χ4v) is 2.15. The first-order valence-electron chi connectivity index (χ1n) is 5.95. The average molecular weight is 283 g/mol. The summed E-state index contributed by atoms with van der Waals surface area (Å²) >= 11 is 0. The molecule has 106 valence electrons. The van der Waals surface area contributed by atoms with Crippen molar-refractivity contribution in [1.82, 2.24) is 0 Å². The van der Waals surface area contributed by atoms with Crippen molar-refractivity contribution >= 4 is 5.69 Å². The molecule has 0 N–H and O–H groups in total. The number of anilines is 1. The van der Waals surface area contributed by atoms with E-state index >= 15 is 0 Å². The molecule has 0 aliphatic rings. The molecule has 2 rings (SSSR count). The highest BCUT2D eigenvalue weighted by Crippen LogP contribution is 2.40. The Morgan fingerprint density at radius 3 is 2.05 bits per heavy atom. The van der Waals surface area contributed by atoms with Crippen molar-refractivity contribution in [3.05, 3.63) is 53.8 Å².